The molecule has 1 N–H and O–H groups in total. The fraction of sp³-hybridized carbons (Fsp3) is 0.240. The Morgan fingerprint density at radius 2 is 1.91 bits per heavy atom. The SMILES string of the molecule is COc1cccc(C2CN(C(=O)c3ccc(F)cc3)CC2C(=O)NCc2ccccn2)c1. The maximum atomic E-state index is 13.3. The van der Waals surface area contributed by atoms with Gasteiger partial charge in [-0.3, -0.25) is 14.6 Å². The Morgan fingerprint density at radius 3 is 2.62 bits per heavy atom. The molecule has 7 heteroatoms. The molecular formula is C25H24FN3O3. The lowest BCUT2D eigenvalue weighted by atomic mass is 9.88. The first-order chi connectivity index (χ1) is 15.5. The molecule has 0 spiro atoms. The molecular weight excluding hydrogens is 409 g/mol. The number of hydrogen-bond donors (Lipinski definition) is 1. The Kier molecular flexibility index (Phi) is 6.44. The zero-order valence-corrected chi connectivity index (χ0v) is 17.7. The second-order valence-corrected chi connectivity index (χ2v) is 7.75. The van der Waals surface area contributed by atoms with E-state index in [0.29, 0.717) is 24.4 Å². The van der Waals surface area contributed by atoms with Crippen LogP contribution in [-0.4, -0.2) is 41.9 Å². The van der Waals surface area contributed by atoms with Gasteiger partial charge in [-0.1, -0.05) is 18.2 Å². The van der Waals surface area contributed by atoms with Crippen LogP contribution in [0.2, 0.25) is 0 Å². The van der Waals surface area contributed by atoms with Crippen LogP contribution in [0.4, 0.5) is 4.39 Å². The summed E-state index contributed by atoms with van der Waals surface area (Å²) in [6.45, 7) is 0.962. The molecule has 1 aromatic heterocycles. The highest BCUT2D eigenvalue weighted by Crippen LogP contribution is 2.35. The Hall–Kier alpha value is -3.74. The second-order valence-electron chi connectivity index (χ2n) is 7.75. The average molecular weight is 433 g/mol. The summed E-state index contributed by atoms with van der Waals surface area (Å²) in [5, 5.41) is 2.96. The molecule has 3 aromatic rings. The summed E-state index contributed by atoms with van der Waals surface area (Å²) in [6.07, 6.45) is 1.68. The van der Waals surface area contributed by atoms with Crippen LogP contribution in [0.1, 0.15) is 27.5 Å². The molecule has 0 saturated carbocycles. The zero-order chi connectivity index (χ0) is 22.5. The summed E-state index contributed by atoms with van der Waals surface area (Å²) in [6, 6.07) is 18.6. The standard InChI is InChI=1S/C25H24FN3O3/c1-32-21-7-4-5-18(13-21)22-15-29(25(31)17-8-10-19(26)11-9-17)16-23(22)24(30)28-14-20-6-2-3-12-27-20/h2-13,22-23H,14-16H2,1H3,(H,28,30). The fourth-order valence-corrected chi connectivity index (χ4v) is 4.03. The number of ether oxygens (including phenoxy) is 1. The van der Waals surface area contributed by atoms with Gasteiger partial charge in [0.05, 0.1) is 25.3 Å². The van der Waals surface area contributed by atoms with Gasteiger partial charge in [-0.25, -0.2) is 4.39 Å². The molecule has 0 bridgehead atoms. The van der Waals surface area contributed by atoms with Gasteiger partial charge in [0.25, 0.3) is 5.91 Å². The molecule has 1 fully saturated rings. The summed E-state index contributed by atoms with van der Waals surface area (Å²) < 4.78 is 18.6. The third kappa shape index (κ3) is 4.77. The van der Waals surface area contributed by atoms with E-state index in [1.165, 1.54) is 24.3 Å². The van der Waals surface area contributed by atoms with Crippen LogP contribution in [0.15, 0.2) is 72.9 Å². The number of rotatable bonds is 6. The van der Waals surface area contributed by atoms with Crippen molar-refractivity contribution in [3.05, 3.63) is 95.6 Å². The third-order valence-corrected chi connectivity index (χ3v) is 5.73. The van der Waals surface area contributed by atoms with Crippen molar-refractivity contribution in [1.29, 1.82) is 0 Å². The fourth-order valence-electron chi connectivity index (χ4n) is 4.03. The Balaban J connectivity index is 1.56. The highest BCUT2D eigenvalue weighted by Gasteiger charge is 2.40. The van der Waals surface area contributed by atoms with Crippen LogP contribution in [0.5, 0.6) is 5.75 Å². The smallest absolute Gasteiger partial charge is 0.253 e. The maximum Gasteiger partial charge on any atom is 0.253 e. The van der Waals surface area contributed by atoms with Crippen LogP contribution >= 0.6 is 0 Å². The molecule has 2 aromatic carbocycles. The van der Waals surface area contributed by atoms with E-state index in [1.54, 1.807) is 18.2 Å². The van der Waals surface area contributed by atoms with Crippen molar-refractivity contribution in [2.75, 3.05) is 20.2 Å². The van der Waals surface area contributed by atoms with E-state index in [4.69, 9.17) is 4.74 Å². The number of amides is 2. The lowest BCUT2D eigenvalue weighted by Gasteiger charge is -2.18. The number of carbonyl (C=O) groups is 2. The Labute approximate surface area is 186 Å². The van der Waals surface area contributed by atoms with Crippen LogP contribution in [0, 0.1) is 11.7 Å². The van der Waals surface area contributed by atoms with Gasteiger partial charge in [-0.05, 0) is 54.1 Å². The maximum absolute atomic E-state index is 13.3. The number of aromatic nitrogens is 1. The quantitative estimate of drug-likeness (QED) is 0.647. The van der Waals surface area contributed by atoms with Crippen molar-refractivity contribution in [2.45, 2.75) is 12.5 Å². The number of benzene rings is 2. The lowest BCUT2D eigenvalue weighted by molar-refractivity contribution is -0.125. The van der Waals surface area contributed by atoms with Gasteiger partial charge in [0.15, 0.2) is 0 Å². The molecule has 0 aliphatic carbocycles. The van der Waals surface area contributed by atoms with Crippen LogP contribution < -0.4 is 10.1 Å². The second kappa shape index (κ2) is 9.60. The highest BCUT2D eigenvalue weighted by atomic mass is 19.1. The van der Waals surface area contributed by atoms with E-state index in [1.807, 2.05) is 42.5 Å². The number of likely N-dealkylation sites (tertiary alicyclic amines) is 1. The average Bonchev–Trinajstić information content (AvgIpc) is 3.29. The summed E-state index contributed by atoms with van der Waals surface area (Å²) in [5.74, 6) is -0.702. The summed E-state index contributed by atoms with van der Waals surface area (Å²) in [4.78, 5) is 32.1. The van der Waals surface area contributed by atoms with Gasteiger partial charge in [-0.2, -0.15) is 0 Å². The summed E-state index contributed by atoms with van der Waals surface area (Å²) in [5.41, 5.74) is 2.08. The largest absolute Gasteiger partial charge is 0.497 e. The van der Waals surface area contributed by atoms with Crippen molar-refractivity contribution < 1.29 is 18.7 Å². The van der Waals surface area contributed by atoms with Gasteiger partial charge < -0.3 is 15.0 Å². The van der Waals surface area contributed by atoms with Crippen LogP contribution in [-0.2, 0) is 11.3 Å². The minimum atomic E-state index is -0.435. The first-order valence-corrected chi connectivity index (χ1v) is 10.4. The van der Waals surface area contributed by atoms with Crippen LogP contribution in [0.25, 0.3) is 0 Å². The molecule has 1 aliphatic heterocycles. The van der Waals surface area contributed by atoms with Gasteiger partial charge >= 0.3 is 0 Å². The van der Waals surface area contributed by atoms with E-state index >= 15 is 0 Å². The van der Waals surface area contributed by atoms with E-state index < -0.39 is 11.7 Å². The molecule has 6 nitrogen and oxygen atoms in total. The van der Waals surface area contributed by atoms with Gasteiger partial charge in [0.2, 0.25) is 5.91 Å². The number of methoxy groups -OCH3 is 1. The number of halogens is 1. The normalized spacial score (nSPS) is 17.8. The number of carbonyl (C=O) groups excluding carboxylic acids is 2. The molecule has 1 aliphatic rings. The molecule has 164 valence electrons. The van der Waals surface area contributed by atoms with E-state index in [9.17, 15) is 14.0 Å². The lowest BCUT2D eigenvalue weighted by Crippen LogP contribution is -2.35. The van der Waals surface area contributed by atoms with E-state index in [0.717, 1.165) is 11.3 Å². The predicted molar refractivity (Wildman–Crippen MR) is 118 cm³/mol. The number of nitrogens with zero attached hydrogens (tertiary/aromatic N) is 2. The molecule has 32 heavy (non-hydrogen) atoms. The molecule has 2 heterocycles. The van der Waals surface area contributed by atoms with Crippen molar-refractivity contribution >= 4 is 11.8 Å². The molecule has 1 saturated heterocycles. The Morgan fingerprint density at radius 1 is 1.09 bits per heavy atom. The predicted octanol–water partition coefficient (Wildman–Crippen LogP) is 3.40. The van der Waals surface area contributed by atoms with Gasteiger partial charge in [-0.15, -0.1) is 0 Å². The van der Waals surface area contributed by atoms with Gasteiger partial charge in [0.1, 0.15) is 11.6 Å². The van der Waals surface area contributed by atoms with Crippen molar-refractivity contribution in [3.63, 3.8) is 0 Å². The molecule has 2 unspecified atom stereocenters. The molecule has 2 atom stereocenters. The zero-order valence-electron chi connectivity index (χ0n) is 17.7. The Bertz CT molecular complexity index is 1090. The highest BCUT2D eigenvalue weighted by molar-refractivity contribution is 5.95. The number of nitrogens with one attached hydrogen (secondary N) is 1. The first kappa shape index (κ1) is 21.5. The minimum absolute atomic E-state index is 0.141. The molecule has 0 radical (unpaired) electrons. The summed E-state index contributed by atoms with van der Waals surface area (Å²) in [7, 11) is 1.59. The number of hydrogen-bond acceptors (Lipinski definition) is 4. The van der Waals surface area contributed by atoms with Crippen molar-refractivity contribution in [1.82, 2.24) is 15.2 Å². The molecule has 2 amide bonds. The minimum Gasteiger partial charge on any atom is -0.497 e. The topological polar surface area (TPSA) is 71.5 Å². The van der Waals surface area contributed by atoms with Gasteiger partial charge in [0, 0.05) is 30.8 Å². The van der Waals surface area contributed by atoms with Crippen molar-refractivity contribution in [2.24, 2.45) is 5.92 Å². The monoisotopic (exact) mass is 433 g/mol. The van der Waals surface area contributed by atoms with E-state index in [-0.39, 0.29) is 24.3 Å². The summed E-state index contributed by atoms with van der Waals surface area (Å²) >= 11 is 0. The third-order valence-electron chi connectivity index (χ3n) is 5.73. The first-order valence-electron chi connectivity index (χ1n) is 10.4. The van der Waals surface area contributed by atoms with E-state index in [2.05, 4.69) is 10.3 Å². The van der Waals surface area contributed by atoms with Crippen molar-refractivity contribution in [3.8, 4) is 5.75 Å². The number of pyridine rings is 1. The molecule has 4 rings (SSSR count). The van der Waals surface area contributed by atoms with Crippen LogP contribution in [0.3, 0.4) is 0 Å².